The van der Waals surface area contributed by atoms with E-state index in [2.05, 4.69) is 15.0 Å². The van der Waals surface area contributed by atoms with E-state index in [9.17, 15) is 18.0 Å². The van der Waals surface area contributed by atoms with Gasteiger partial charge >= 0.3 is 5.97 Å². The molecule has 1 aromatic heterocycles. The van der Waals surface area contributed by atoms with E-state index in [1.807, 2.05) is 11.5 Å². The predicted octanol–water partition coefficient (Wildman–Crippen LogP) is 5.45. The number of amides is 1. The summed E-state index contributed by atoms with van der Waals surface area (Å²) in [5, 5.41) is 2.83. The number of fused-ring (bicyclic) bond motifs is 1. The van der Waals surface area contributed by atoms with Crippen LogP contribution in [0.3, 0.4) is 0 Å². The maximum atomic E-state index is 13.2. The van der Waals surface area contributed by atoms with Gasteiger partial charge in [-0.05, 0) is 75.7 Å². The minimum absolute atomic E-state index is 0.119. The Morgan fingerprint density at radius 3 is 2.37 bits per heavy atom. The molecule has 2 N–H and O–H groups in total. The van der Waals surface area contributed by atoms with Crippen LogP contribution < -0.4 is 10.0 Å². The minimum atomic E-state index is -3.80. The second-order valence-electron chi connectivity index (χ2n) is 9.75. The fourth-order valence-electron chi connectivity index (χ4n) is 3.85. The number of aryl methyl sites for hydroxylation is 1. The van der Waals surface area contributed by atoms with E-state index in [1.54, 1.807) is 75.4 Å². The molecule has 1 heterocycles. The van der Waals surface area contributed by atoms with Crippen molar-refractivity contribution in [3.63, 3.8) is 0 Å². The van der Waals surface area contributed by atoms with Gasteiger partial charge in [0.1, 0.15) is 5.60 Å². The molecule has 0 bridgehead atoms. The number of aromatic nitrogens is 2. The number of hydrogen-bond acceptors (Lipinski definition) is 6. The fraction of sp³-hybridized carbons (Fsp3) is 0.250. The van der Waals surface area contributed by atoms with E-state index in [4.69, 9.17) is 4.74 Å². The van der Waals surface area contributed by atoms with Gasteiger partial charge in [0.25, 0.3) is 15.9 Å². The molecule has 10 heteroatoms. The Morgan fingerprint density at radius 1 is 0.947 bits per heavy atom. The number of hydrogen-bond donors (Lipinski definition) is 2. The molecule has 0 radical (unpaired) electrons. The van der Waals surface area contributed by atoms with Crippen molar-refractivity contribution in [2.45, 2.75) is 51.2 Å². The normalized spacial score (nSPS) is 11.8. The van der Waals surface area contributed by atoms with Gasteiger partial charge in [0, 0.05) is 17.8 Å². The Bertz CT molecular complexity index is 1590. The van der Waals surface area contributed by atoms with Crippen LogP contribution in [0.4, 0.5) is 11.6 Å². The zero-order chi connectivity index (χ0) is 27.5. The van der Waals surface area contributed by atoms with Gasteiger partial charge in [0.2, 0.25) is 5.95 Å². The number of rotatable bonds is 8. The van der Waals surface area contributed by atoms with Crippen molar-refractivity contribution in [2.24, 2.45) is 0 Å². The summed E-state index contributed by atoms with van der Waals surface area (Å²) < 4.78 is 35.2. The highest BCUT2D eigenvalue weighted by Gasteiger charge is 2.21. The van der Waals surface area contributed by atoms with E-state index < -0.39 is 27.5 Å². The van der Waals surface area contributed by atoms with Crippen molar-refractivity contribution in [2.75, 3.05) is 10.0 Å². The number of nitrogens with one attached hydrogen (secondary N) is 2. The average Bonchev–Trinajstić information content (AvgIpc) is 3.19. The van der Waals surface area contributed by atoms with Crippen LogP contribution in [-0.4, -0.2) is 35.4 Å². The van der Waals surface area contributed by atoms with Crippen molar-refractivity contribution in [3.05, 3.63) is 83.9 Å². The smallest absolute Gasteiger partial charge is 0.338 e. The zero-order valence-corrected chi connectivity index (χ0v) is 22.5. The lowest BCUT2D eigenvalue weighted by molar-refractivity contribution is 0.00695. The van der Waals surface area contributed by atoms with Gasteiger partial charge in [0.05, 0.1) is 21.5 Å². The highest BCUT2D eigenvalue weighted by atomic mass is 32.2. The Labute approximate surface area is 221 Å². The first-order chi connectivity index (χ1) is 18.0. The number of benzene rings is 3. The summed E-state index contributed by atoms with van der Waals surface area (Å²) in [6.07, 6.45) is 0.791. The van der Waals surface area contributed by atoms with E-state index in [0.29, 0.717) is 23.6 Å². The topological polar surface area (TPSA) is 119 Å². The zero-order valence-electron chi connectivity index (χ0n) is 21.7. The Kier molecular flexibility index (Phi) is 7.54. The van der Waals surface area contributed by atoms with Gasteiger partial charge in [-0.1, -0.05) is 31.2 Å². The second-order valence-corrected chi connectivity index (χ2v) is 11.4. The van der Waals surface area contributed by atoms with Gasteiger partial charge in [0.15, 0.2) is 0 Å². The summed E-state index contributed by atoms with van der Waals surface area (Å²) in [5.74, 6) is -0.584. The monoisotopic (exact) mass is 534 g/mol. The summed E-state index contributed by atoms with van der Waals surface area (Å²) in [4.78, 5) is 30.4. The molecule has 38 heavy (non-hydrogen) atoms. The van der Waals surface area contributed by atoms with E-state index >= 15 is 0 Å². The van der Waals surface area contributed by atoms with Gasteiger partial charge in [-0.3, -0.25) is 14.8 Å². The number of imidazole rings is 1. The first-order valence-corrected chi connectivity index (χ1v) is 13.7. The molecule has 4 aromatic rings. The molecule has 0 aliphatic heterocycles. The number of ether oxygens (including phenoxy) is 1. The molecule has 0 saturated heterocycles. The molecule has 0 unspecified atom stereocenters. The maximum absolute atomic E-state index is 13.2. The van der Waals surface area contributed by atoms with Crippen LogP contribution >= 0.6 is 0 Å². The molecule has 0 fully saturated rings. The first kappa shape index (κ1) is 26.9. The number of sulfonamides is 1. The molecule has 1 amide bonds. The molecule has 0 aliphatic rings. The lowest BCUT2D eigenvalue weighted by atomic mass is 10.1. The van der Waals surface area contributed by atoms with Crippen molar-refractivity contribution < 1.29 is 22.7 Å². The molecule has 0 saturated carbocycles. The van der Waals surface area contributed by atoms with Gasteiger partial charge in [-0.25, -0.2) is 18.2 Å². The summed E-state index contributed by atoms with van der Waals surface area (Å²) in [7, 11) is -3.80. The fourth-order valence-corrected chi connectivity index (χ4v) is 4.92. The number of carbonyl (C=O) groups is 2. The number of nitrogens with zero attached hydrogens (tertiary/aromatic N) is 2. The van der Waals surface area contributed by atoms with Crippen molar-refractivity contribution >= 4 is 44.6 Å². The highest BCUT2D eigenvalue weighted by molar-refractivity contribution is 7.92. The van der Waals surface area contributed by atoms with Crippen molar-refractivity contribution in [1.82, 2.24) is 9.55 Å². The Morgan fingerprint density at radius 2 is 1.68 bits per heavy atom. The highest BCUT2D eigenvalue weighted by Crippen LogP contribution is 2.24. The molecule has 9 nitrogen and oxygen atoms in total. The van der Waals surface area contributed by atoms with Crippen LogP contribution in [0, 0.1) is 0 Å². The van der Waals surface area contributed by atoms with Crippen LogP contribution in [0.25, 0.3) is 11.0 Å². The molecule has 198 valence electrons. The lowest BCUT2D eigenvalue weighted by Crippen LogP contribution is -2.23. The SMILES string of the molecule is CCCn1c(NC(=O)c2cccc(NS(=O)(=O)c3ccccc3)c2)nc2cc(C(=O)OC(C)(C)C)ccc21. The van der Waals surface area contributed by atoms with Crippen LogP contribution in [0.1, 0.15) is 54.8 Å². The van der Waals surface area contributed by atoms with E-state index in [-0.39, 0.29) is 16.1 Å². The minimum Gasteiger partial charge on any atom is -0.456 e. The molecule has 3 aromatic carbocycles. The van der Waals surface area contributed by atoms with Crippen molar-refractivity contribution in [3.8, 4) is 0 Å². The Hall–Kier alpha value is -4.18. The van der Waals surface area contributed by atoms with Crippen LogP contribution in [0.5, 0.6) is 0 Å². The summed E-state index contributed by atoms with van der Waals surface area (Å²) in [6.45, 7) is 8.00. The third-order valence-corrected chi connectivity index (χ3v) is 6.88. The van der Waals surface area contributed by atoms with E-state index in [0.717, 1.165) is 11.9 Å². The lowest BCUT2D eigenvalue weighted by Gasteiger charge is -2.19. The first-order valence-electron chi connectivity index (χ1n) is 12.2. The molecular formula is C28H30N4O5S. The number of esters is 1. The molecule has 4 rings (SSSR count). The van der Waals surface area contributed by atoms with Crippen molar-refractivity contribution in [1.29, 1.82) is 0 Å². The predicted molar refractivity (Wildman–Crippen MR) is 147 cm³/mol. The van der Waals surface area contributed by atoms with Crippen LogP contribution in [0.15, 0.2) is 77.7 Å². The summed E-state index contributed by atoms with van der Waals surface area (Å²) >= 11 is 0. The van der Waals surface area contributed by atoms with Crippen LogP contribution in [-0.2, 0) is 21.3 Å². The van der Waals surface area contributed by atoms with Gasteiger partial charge in [-0.15, -0.1) is 0 Å². The number of carbonyl (C=O) groups excluding carboxylic acids is 2. The Balaban J connectivity index is 1.59. The molecule has 0 aliphatic carbocycles. The summed E-state index contributed by atoms with van der Waals surface area (Å²) in [6, 6.07) is 19.3. The average molecular weight is 535 g/mol. The molecule has 0 atom stereocenters. The number of anilines is 2. The van der Waals surface area contributed by atoms with Gasteiger partial charge < -0.3 is 9.30 Å². The third-order valence-electron chi connectivity index (χ3n) is 5.49. The molecule has 0 spiro atoms. The quantitative estimate of drug-likeness (QED) is 0.290. The molecular weight excluding hydrogens is 504 g/mol. The second kappa shape index (κ2) is 10.7. The third kappa shape index (κ3) is 6.20. The standard InChI is InChI=1S/C28H30N4O5S/c1-5-16-32-24-15-14-20(26(34)37-28(2,3)4)18-23(24)29-27(32)30-25(33)19-10-9-11-21(17-19)31-38(35,36)22-12-7-6-8-13-22/h6-15,17-18,31H,5,16H2,1-4H3,(H,29,30,33). The maximum Gasteiger partial charge on any atom is 0.338 e. The van der Waals surface area contributed by atoms with Gasteiger partial charge in [-0.2, -0.15) is 0 Å². The largest absolute Gasteiger partial charge is 0.456 e. The van der Waals surface area contributed by atoms with E-state index in [1.165, 1.54) is 18.2 Å². The van der Waals surface area contributed by atoms with Crippen LogP contribution in [0.2, 0.25) is 0 Å². The summed E-state index contributed by atoms with van der Waals surface area (Å²) in [5.41, 5.74) is 1.55.